The number of benzene rings is 1. The minimum absolute atomic E-state index is 0.0647. The molecule has 0 aliphatic carbocycles. The Morgan fingerprint density at radius 1 is 1.44 bits per heavy atom. The Morgan fingerprint density at radius 2 is 2.11 bits per heavy atom. The average Bonchev–Trinajstić information content (AvgIpc) is 2.26. The summed E-state index contributed by atoms with van der Waals surface area (Å²) in [5, 5.41) is 22.8. The molecule has 0 fully saturated rings. The summed E-state index contributed by atoms with van der Waals surface area (Å²) < 4.78 is 12.9. The third-order valence-corrected chi connectivity index (χ3v) is 3.04. The van der Waals surface area contributed by atoms with E-state index in [2.05, 4.69) is 5.32 Å². The topological polar surface area (TPSA) is 52.5 Å². The smallest absolute Gasteiger partial charge is 0.126 e. The predicted molar refractivity (Wildman–Crippen MR) is 70.0 cm³/mol. The van der Waals surface area contributed by atoms with Crippen molar-refractivity contribution in [2.75, 3.05) is 6.54 Å². The molecule has 0 aliphatic heterocycles. The molecule has 1 rings (SSSR count). The van der Waals surface area contributed by atoms with Crippen molar-refractivity contribution in [3.63, 3.8) is 0 Å². The van der Waals surface area contributed by atoms with E-state index >= 15 is 0 Å². The highest BCUT2D eigenvalue weighted by atomic mass is 19.1. The van der Waals surface area contributed by atoms with Crippen LogP contribution < -0.4 is 5.32 Å². The molecule has 0 saturated heterocycles. The minimum atomic E-state index is -0.765. The lowest BCUT2D eigenvalue weighted by Crippen LogP contribution is -2.38. The first-order valence-corrected chi connectivity index (χ1v) is 6.30. The summed E-state index contributed by atoms with van der Waals surface area (Å²) >= 11 is 0. The van der Waals surface area contributed by atoms with Crippen LogP contribution in [0.3, 0.4) is 0 Å². The zero-order valence-electron chi connectivity index (χ0n) is 11.2. The van der Waals surface area contributed by atoms with Crippen molar-refractivity contribution < 1.29 is 14.6 Å². The molecular formula is C14H22FNO2. The molecular weight excluding hydrogens is 233 g/mol. The molecule has 3 nitrogen and oxygen atoms in total. The molecule has 2 atom stereocenters. The van der Waals surface area contributed by atoms with Crippen LogP contribution in [-0.2, 0) is 0 Å². The maximum absolute atomic E-state index is 12.9. The van der Waals surface area contributed by atoms with Crippen LogP contribution in [-0.4, -0.2) is 22.4 Å². The average molecular weight is 255 g/mol. The van der Waals surface area contributed by atoms with Crippen LogP contribution in [0.2, 0.25) is 0 Å². The van der Waals surface area contributed by atoms with Crippen LogP contribution in [0.25, 0.3) is 0 Å². The van der Waals surface area contributed by atoms with Gasteiger partial charge in [0.25, 0.3) is 0 Å². The van der Waals surface area contributed by atoms with Gasteiger partial charge in [-0.1, -0.05) is 19.4 Å². The highest BCUT2D eigenvalue weighted by molar-refractivity contribution is 5.34. The van der Waals surface area contributed by atoms with E-state index in [1.165, 1.54) is 6.07 Å². The highest BCUT2D eigenvalue weighted by Crippen LogP contribution is 2.25. The van der Waals surface area contributed by atoms with Crippen molar-refractivity contribution in [1.82, 2.24) is 5.32 Å². The molecule has 4 heteroatoms. The zero-order chi connectivity index (χ0) is 13.8. The van der Waals surface area contributed by atoms with Crippen molar-refractivity contribution >= 4 is 0 Å². The van der Waals surface area contributed by atoms with Crippen LogP contribution >= 0.6 is 0 Å². The summed E-state index contributed by atoms with van der Waals surface area (Å²) in [5.74, 6) is -0.522. The number of hydrogen-bond acceptors (Lipinski definition) is 3. The first-order chi connectivity index (χ1) is 8.35. The summed E-state index contributed by atoms with van der Waals surface area (Å²) in [6.07, 6.45) is 1.62. The van der Waals surface area contributed by atoms with Crippen molar-refractivity contribution in [3.8, 4) is 5.75 Å². The number of aromatic hydroxyl groups is 1. The Balaban J connectivity index is 2.63. The van der Waals surface area contributed by atoms with Crippen molar-refractivity contribution in [3.05, 3.63) is 29.6 Å². The predicted octanol–water partition coefficient (Wildman–Crippen LogP) is 2.73. The maximum atomic E-state index is 12.9. The largest absolute Gasteiger partial charge is 0.508 e. The van der Waals surface area contributed by atoms with Crippen molar-refractivity contribution in [2.24, 2.45) is 0 Å². The second kappa shape index (κ2) is 6.16. The molecule has 3 N–H and O–H groups in total. The molecule has 0 amide bonds. The fraction of sp³-hybridized carbons (Fsp3) is 0.571. The second-order valence-corrected chi connectivity index (χ2v) is 5.05. The second-order valence-electron chi connectivity index (χ2n) is 5.05. The molecule has 1 aromatic carbocycles. The van der Waals surface area contributed by atoms with Gasteiger partial charge in [0.15, 0.2) is 0 Å². The number of halogens is 1. The first-order valence-electron chi connectivity index (χ1n) is 6.30. The van der Waals surface area contributed by atoms with Crippen molar-refractivity contribution in [1.29, 1.82) is 0 Å². The summed E-state index contributed by atoms with van der Waals surface area (Å²) in [7, 11) is 0. The standard InChI is InChI=1S/C14H22FNO2/c1-4-7-14(3,18)9-16-10(2)12-6-5-11(15)8-13(12)17/h5-6,8,10,16-18H,4,7,9H2,1-3H3. The monoisotopic (exact) mass is 255 g/mol. The molecule has 0 aliphatic rings. The number of aliphatic hydroxyl groups is 1. The van der Waals surface area contributed by atoms with Gasteiger partial charge in [0, 0.05) is 24.2 Å². The minimum Gasteiger partial charge on any atom is -0.508 e. The summed E-state index contributed by atoms with van der Waals surface area (Å²) in [5.41, 5.74) is -0.137. The van der Waals surface area contributed by atoms with E-state index in [4.69, 9.17) is 0 Å². The van der Waals surface area contributed by atoms with Gasteiger partial charge in [-0.15, -0.1) is 0 Å². The van der Waals surface area contributed by atoms with Crippen LogP contribution in [0.15, 0.2) is 18.2 Å². The van der Waals surface area contributed by atoms with E-state index < -0.39 is 11.4 Å². The Kier molecular flexibility index (Phi) is 5.11. The first kappa shape index (κ1) is 14.9. The lowest BCUT2D eigenvalue weighted by atomic mass is 9.99. The van der Waals surface area contributed by atoms with Gasteiger partial charge in [-0.25, -0.2) is 4.39 Å². The van der Waals surface area contributed by atoms with E-state index in [1.54, 1.807) is 13.0 Å². The Morgan fingerprint density at radius 3 is 2.67 bits per heavy atom. The molecule has 0 saturated carbocycles. The van der Waals surface area contributed by atoms with E-state index in [0.29, 0.717) is 18.5 Å². The summed E-state index contributed by atoms with van der Waals surface area (Å²) in [6, 6.07) is 3.82. The highest BCUT2D eigenvalue weighted by Gasteiger charge is 2.20. The molecule has 18 heavy (non-hydrogen) atoms. The van der Waals surface area contributed by atoms with E-state index in [1.807, 2.05) is 13.8 Å². The lowest BCUT2D eigenvalue weighted by Gasteiger charge is -2.26. The molecule has 0 radical (unpaired) electrons. The molecule has 0 spiro atoms. The van der Waals surface area contributed by atoms with E-state index in [9.17, 15) is 14.6 Å². The number of phenols is 1. The molecule has 102 valence electrons. The third-order valence-electron chi connectivity index (χ3n) is 3.04. The normalized spacial score (nSPS) is 16.3. The van der Waals surface area contributed by atoms with Crippen molar-refractivity contribution in [2.45, 2.75) is 45.3 Å². The van der Waals surface area contributed by atoms with E-state index in [0.717, 1.165) is 12.5 Å². The number of phenolic OH excluding ortho intramolecular Hbond substituents is 1. The SMILES string of the molecule is CCCC(C)(O)CNC(C)c1ccc(F)cc1O. The molecule has 1 aromatic rings. The van der Waals surface area contributed by atoms with Gasteiger partial charge in [-0.2, -0.15) is 0 Å². The third kappa shape index (κ3) is 4.27. The van der Waals surface area contributed by atoms with Gasteiger partial charge in [0.2, 0.25) is 0 Å². The number of rotatable bonds is 6. The summed E-state index contributed by atoms with van der Waals surface area (Å²) in [4.78, 5) is 0. The van der Waals surface area contributed by atoms with Gasteiger partial charge in [-0.3, -0.25) is 0 Å². The number of hydrogen-bond donors (Lipinski definition) is 3. The molecule has 2 unspecified atom stereocenters. The van der Waals surface area contributed by atoms with Gasteiger partial charge in [0.1, 0.15) is 11.6 Å². The van der Waals surface area contributed by atoms with E-state index in [-0.39, 0.29) is 11.8 Å². The fourth-order valence-corrected chi connectivity index (χ4v) is 1.99. The quantitative estimate of drug-likeness (QED) is 0.732. The van der Waals surface area contributed by atoms with Gasteiger partial charge < -0.3 is 15.5 Å². The molecule has 0 heterocycles. The summed E-state index contributed by atoms with van der Waals surface area (Å²) in [6.45, 7) is 6.10. The Hall–Kier alpha value is -1.13. The molecule has 0 bridgehead atoms. The van der Waals surface area contributed by atoms with Crippen LogP contribution in [0.4, 0.5) is 4.39 Å². The number of nitrogens with one attached hydrogen (secondary N) is 1. The maximum Gasteiger partial charge on any atom is 0.126 e. The zero-order valence-corrected chi connectivity index (χ0v) is 11.2. The van der Waals surface area contributed by atoms with Crippen LogP contribution in [0, 0.1) is 5.82 Å². The molecule has 0 aromatic heterocycles. The Labute approximate surface area is 108 Å². The van der Waals surface area contributed by atoms with Gasteiger partial charge in [-0.05, 0) is 26.3 Å². The lowest BCUT2D eigenvalue weighted by molar-refractivity contribution is 0.0476. The van der Waals surface area contributed by atoms with Gasteiger partial charge in [0.05, 0.1) is 5.60 Å². The Bertz CT molecular complexity index is 393. The fourth-order valence-electron chi connectivity index (χ4n) is 1.99. The van der Waals surface area contributed by atoms with Crippen LogP contribution in [0.5, 0.6) is 5.75 Å². The van der Waals surface area contributed by atoms with Gasteiger partial charge >= 0.3 is 0 Å². The van der Waals surface area contributed by atoms with Crippen LogP contribution in [0.1, 0.15) is 45.2 Å².